The van der Waals surface area contributed by atoms with E-state index in [0.717, 1.165) is 24.2 Å². The second kappa shape index (κ2) is 5.35. The third-order valence-corrected chi connectivity index (χ3v) is 5.95. The molecular weight excluding hydrogens is 278 g/mol. The Hall–Kier alpha value is -1.11. The Bertz CT molecular complexity index is 599. The molecule has 2 aliphatic rings. The van der Waals surface area contributed by atoms with Crippen molar-refractivity contribution in [3.05, 3.63) is 23.8 Å². The summed E-state index contributed by atoms with van der Waals surface area (Å²) in [6, 6.07) is 5.10. The first-order valence-corrected chi connectivity index (χ1v) is 8.42. The predicted molar refractivity (Wildman–Crippen MR) is 74.2 cm³/mol. The lowest BCUT2D eigenvalue weighted by Crippen LogP contribution is -2.29. The van der Waals surface area contributed by atoms with E-state index >= 15 is 0 Å². The highest BCUT2D eigenvalue weighted by Gasteiger charge is 2.32. The minimum atomic E-state index is -3.42. The van der Waals surface area contributed by atoms with Gasteiger partial charge in [0.2, 0.25) is 10.0 Å². The molecule has 1 atom stereocenters. The van der Waals surface area contributed by atoms with E-state index in [-0.39, 0.29) is 12.5 Å². The third kappa shape index (κ3) is 2.43. The fourth-order valence-corrected chi connectivity index (χ4v) is 4.49. The Kier molecular flexibility index (Phi) is 3.70. The molecule has 1 aromatic carbocycles. The van der Waals surface area contributed by atoms with E-state index in [9.17, 15) is 8.42 Å². The minimum absolute atomic E-state index is 0.120. The fourth-order valence-electron chi connectivity index (χ4n) is 2.91. The van der Waals surface area contributed by atoms with Gasteiger partial charge < -0.3 is 9.84 Å². The molecule has 0 amide bonds. The molecule has 1 fully saturated rings. The second-order valence-electron chi connectivity index (χ2n) is 5.40. The fraction of sp³-hybridized carbons (Fsp3) is 0.571. The van der Waals surface area contributed by atoms with Crippen molar-refractivity contribution in [2.75, 3.05) is 26.3 Å². The number of fused-ring (bicyclic) bond motifs is 1. The number of ether oxygens (including phenoxy) is 1. The molecule has 0 aliphatic carbocycles. The topological polar surface area (TPSA) is 66.8 Å². The maximum Gasteiger partial charge on any atom is 0.243 e. The molecule has 1 aromatic rings. The average Bonchev–Trinajstić information content (AvgIpc) is 3.06. The maximum atomic E-state index is 12.6. The molecule has 5 nitrogen and oxygen atoms in total. The molecule has 6 heteroatoms. The van der Waals surface area contributed by atoms with Gasteiger partial charge in [0.1, 0.15) is 5.75 Å². The summed E-state index contributed by atoms with van der Waals surface area (Å²) < 4.78 is 32.2. The molecule has 0 saturated carbocycles. The minimum Gasteiger partial charge on any atom is -0.493 e. The molecule has 110 valence electrons. The molecule has 0 aromatic heterocycles. The summed E-state index contributed by atoms with van der Waals surface area (Å²) in [5.74, 6) is 1.07. The first kappa shape index (κ1) is 13.9. The zero-order valence-corrected chi connectivity index (χ0v) is 12.1. The number of benzene rings is 1. The van der Waals surface area contributed by atoms with Crippen molar-refractivity contribution in [3.63, 3.8) is 0 Å². The van der Waals surface area contributed by atoms with Crippen LogP contribution in [0.4, 0.5) is 0 Å². The van der Waals surface area contributed by atoms with Crippen molar-refractivity contribution in [2.45, 2.75) is 24.2 Å². The van der Waals surface area contributed by atoms with Gasteiger partial charge in [-0.05, 0) is 42.5 Å². The molecule has 1 unspecified atom stereocenters. The van der Waals surface area contributed by atoms with Crippen LogP contribution in [0.15, 0.2) is 23.1 Å². The number of aliphatic hydroxyl groups excluding tert-OH is 1. The highest BCUT2D eigenvalue weighted by atomic mass is 32.2. The zero-order valence-electron chi connectivity index (χ0n) is 11.3. The van der Waals surface area contributed by atoms with Gasteiger partial charge in [-0.1, -0.05) is 0 Å². The van der Waals surface area contributed by atoms with Crippen LogP contribution < -0.4 is 4.74 Å². The van der Waals surface area contributed by atoms with Crippen LogP contribution in [0, 0.1) is 5.92 Å². The van der Waals surface area contributed by atoms with Crippen molar-refractivity contribution in [3.8, 4) is 5.75 Å². The van der Waals surface area contributed by atoms with Gasteiger partial charge in [0, 0.05) is 26.1 Å². The largest absolute Gasteiger partial charge is 0.493 e. The lowest BCUT2D eigenvalue weighted by atomic mass is 10.1. The van der Waals surface area contributed by atoms with Crippen molar-refractivity contribution in [1.29, 1.82) is 0 Å². The molecule has 3 rings (SSSR count). The van der Waals surface area contributed by atoms with Crippen molar-refractivity contribution < 1.29 is 18.3 Å². The van der Waals surface area contributed by atoms with Gasteiger partial charge in [-0.25, -0.2) is 8.42 Å². The number of rotatable bonds is 4. The maximum absolute atomic E-state index is 12.6. The van der Waals surface area contributed by atoms with E-state index < -0.39 is 10.0 Å². The molecule has 1 saturated heterocycles. The van der Waals surface area contributed by atoms with Crippen LogP contribution in [0.1, 0.15) is 18.4 Å². The summed E-state index contributed by atoms with van der Waals surface area (Å²) in [5, 5.41) is 8.96. The lowest BCUT2D eigenvalue weighted by molar-refractivity contribution is 0.259. The van der Waals surface area contributed by atoms with Gasteiger partial charge in [-0.15, -0.1) is 0 Å². The normalized spacial score (nSPS) is 22.8. The summed E-state index contributed by atoms with van der Waals surface area (Å²) >= 11 is 0. The summed E-state index contributed by atoms with van der Waals surface area (Å²) in [7, 11) is -3.42. The molecule has 0 bridgehead atoms. The first-order chi connectivity index (χ1) is 9.61. The predicted octanol–water partition coefficient (Wildman–Crippen LogP) is 1.01. The van der Waals surface area contributed by atoms with E-state index in [4.69, 9.17) is 9.84 Å². The smallest absolute Gasteiger partial charge is 0.243 e. The first-order valence-electron chi connectivity index (χ1n) is 6.98. The summed E-state index contributed by atoms with van der Waals surface area (Å²) in [4.78, 5) is 0.353. The van der Waals surface area contributed by atoms with Crippen LogP contribution >= 0.6 is 0 Å². The number of sulfonamides is 1. The van der Waals surface area contributed by atoms with Crippen LogP contribution in [0.5, 0.6) is 5.75 Å². The quantitative estimate of drug-likeness (QED) is 0.901. The molecule has 1 N–H and O–H groups in total. The van der Waals surface area contributed by atoms with Gasteiger partial charge in [0.15, 0.2) is 0 Å². The van der Waals surface area contributed by atoms with Crippen molar-refractivity contribution in [2.24, 2.45) is 5.92 Å². The van der Waals surface area contributed by atoms with E-state index in [0.29, 0.717) is 31.0 Å². The summed E-state index contributed by atoms with van der Waals surface area (Å²) in [6.07, 6.45) is 2.27. The summed E-state index contributed by atoms with van der Waals surface area (Å²) in [6.45, 7) is 1.80. The van der Waals surface area contributed by atoms with Crippen LogP contribution in [-0.2, 0) is 16.4 Å². The molecule has 2 heterocycles. The van der Waals surface area contributed by atoms with Crippen LogP contribution in [0.2, 0.25) is 0 Å². The molecule has 20 heavy (non-hydrogen) atoms. The Morgan fingerprint density at radius 2 is 2.25 bits per heavy atom. The Morgan fingerprint density at radius 3 is 3.05 bits per heavy atom. The van der Waals surface area contributed by atoms with Crippen molar-refractivity contribution >= 4 is 10.0 Å². The van der Waals surface area contributed by atoms with E-state index in [2.05, 4.69) is 0 Å². The van der Waals surface area contributed by atoms with E-state index in [1.807, 2.05) is 0 Å². The van der Waals surface area contributed by atoms with Crippen LogP contribution in [-0.4, -0.2) is 44.1 Å². The Morgan fingerprint density at radius 1 is 1.40 bits per heavy atom. The third-order valence-electron chi connectivity index (χ3n) is 4.08. The summed E-state index contributed by atoms with van der Waals surface area (Å²) in [5.41, 5.74) is 0.970. The van der Waals surface area contributed by atoms with Crippen LogP contribution in [0.25, 0.3) is 0 Å². The van der Waals surface area contributed by atoms with Gasteiger partial charge in [0.05, 0.1) is 11.5 Å². The standard InChI is InChI=1S/C14H19NO4S/c16-7-4-11-3-6-15(10-11)20(17,18)13-1-2-14-12(9-13)5-8-19-14/h1-2,9,11,16H,3-8,10H2. The van der Waals surface area contributed by atoms with Crippen LogP contribution in [0.3, 0.4) is 0 Å². The Balaban J connectivity index is 1.82. The molecule has 2 aliphatic heterocycles. The Labute approximate surface area is 119 Å². The lowest BCUT2D eigenvalue weighted by Gasteiger charge is -2.17. The van der Waals surface area contributed by atoms with Gasteiger partial charge in [0.25, 0.3) is 0 Å². The van der Waals surface area contributed by atoms with Gasteiger partial charge >= 0.3 is 0 Å². The number of hydrogen-bond acceptors (Lipinski definition) is 4. The molecular formula is C14H19NO4S. The van der Waals surface area contributed by atoms with Gasteiger partial charge in [-0.3, -0.25) is 0 Å². The molecule has 0 spiro atoms. The second-order valence-corrected chi connectivity index (χ2v) is 7.34. The SMILES string of the molecule is O=S(=O)(c1ccc2c(c1)CCO2)N1CCC(CCO)C1. The van der Waals surface area contributed by atoms with Crippen molar-refractivity contribution in [1.82, 2.24) is 4.31 Å². The monoisotopic (exact) mass is 297 g/mol. The number of aliphatic hydroxyl groups is 1. The number of nitrogens with zero attached hydrogens (tertiary/aromatic N) is 1. The highest BCUT2D eigenvalue weighted by molar-refractivity contribution is 7.89. The highest BCUT2D eigenvalue weighted by Crippen LogP contribution is 2.31. The van der Waals surface area contributed by atoms with E-state index in [1.54, 1.807) is 18.2 Å². The van der Waals surface area contributed by atoms with E-state index in [1.165, 1.54) is 4.31 Å². The zero-order chi connectivity index (χ0) is 14.2. The average molecular weight is 297 g/mol. The molecule has 0 radical (unpaired) electrons. The number of hydrogen-bond donors (Lipinski definition) is 1. The van der Waals surface area contributed by atoms with Gasteiger partial charge in [-0.2, -0.15) is 4.31 Å².